The Kier molecular flexibility index (Phi) is 6.13. The first-order valence-corrected chi connectivity index (χ1v) is 11.1. The lowest BCUT2D eigenvalue weighted by Crippen LogP contribution is -2.43. The highest BCUT2D eigenvalue weighted by Gasteiger charge is 2.33. The second-order valence-corrected chi connectivity index (χ2v) is 8.02. The zero-order chi connectivity index (χ0) is 24.2. The summed E-state index contributed by atoms with van der Waals surface area (Å²) in [4.78, 5) is 27.3. The average molecular weight is 468 g/mol. The van der Waals surface area contributed by atoms with Crippen LogP contribution in [0.5, 0.6) is 5.75 Å². The second kappa shape index (κ2) is 9.69. The Balaban J connectivity index is 1.32. The molecule has 0 aromatic heterocycles. The Morgan fingerprint density at radius 3 is 2.31 bits per heavy atom. The number of para-hydroxylation sites is 2. The Bertz CT molecular complexity index is 1340. The van der Waals surface area contributed by atoms with Gasteiger partial charge in [0.1, 0.15) is 17.7 Å². The summed E-state index contributed by atoms with van der Waals surface area (Å²) in [7, 11) is 0. The molecule has 1 aliphatic rings. The lowest BCUT2D eigenvalue weighted by atomic mass is 10.0. The maximum atomic E-state index is 13.4. The molecule has 1 aliphatic heterocycles. The Hall–Kier alpha value is -4.65. The summed E-state index contributed by atoms with van der Waals surface area (Å²) in [5.41, 5.74) is 3.51. The van der Waals surface area contributed by atoms with Gasteiger partial charge in [-0.1, -0.05) is 42.5 Å². The minimum Gasteiger partial charge on any atom is -0.484 e. The number of rotatable bonds is 6. The number of amides is 2. The summed E-state index contributed by atoms with van der Waals surface area (Å²) >= 11 is 0. The Morgan fingerprint density at radius 2 is 1.57 bits per heavy atom. The molecule has 4 aromatic rings. The van der Waals surface area contributed by atoms with Crippen molar-refractivity contribution in [1.82, 2.24) is 0 Å². The van der Waals surface area contributed by atoms with E-state index in [1.165, 1.54) is 24.3 Å². The third kappa shape index (κ3) is 4.84. The van der Waals surface area contributed by atoms with E-state index in [-0.39, 0.29) is 24.2 Å². The molecule has 0 saturated carbocycles. The highest BCUT2D eigenvalue weighted by molar-refractivity contribution is 6.12. The van der Waals surface area contributed by atoms with Crippen molar-refractivity contribution in [1.29, 1.82) is 0 Å². The van der Waals surface area contributed by atoms with Crippen LogP contribution in [0.25, 0.3) is 0 Å². The largest absolute Gasteiger partial charge is 0.484 e. The van der Waals surface area contributed by atoms with E-state index in [1.54, 1.807) is 17.0 Å². The van der Waals surface area contributed by atoms with E-state index in [1.807, 2.05) is 66.7 Å². The number of hydrogen-bond donors (Lipinski definition) is 2. The number of ether oxygens (including phenoxy) is 1. The van der Waals surface area contributed by atoms with Crippen LogP contribution in [-0.2, 0) is 4.79 Å². The van der Waals surface area contributed by atoms with Crippen LogP contribution in [0.15, 0.2) is 103 Å². The minimum absolute atomic E-state index is 0.0895. The highest BCUT2D eigenvalue weighted by atomic mass is 19.1. The number of nitrogens with one attached hydrogen (secondary N) is 2. The molecule has 0 spiro atoms. The first kappa shape index (κ1) is 22.2. The van der Waals surface area contributed by atoms with Gasteiger partial charge in [-0.3, -0.25) is 14.5 Å². The van der Waals surface area contributed by atoms with Gasteiger partial charge < -0.3 is 15.4 Å². The molecule has 35 heavy (non-hydrogen) atoms. The van der Waals surface area contributed by atoms with E-state index >= 15 is 0 Å². The molecule has 2 N–H and O–H groups in total. The van der Waals surface area contributed by atoms with Crippen molar-refractivity contribution in [3.63, 3.8) is 0 Å². The molecular formula is C28H22FN3O3. The third-order valence-corrected chi connectivity index (χ3v) is 5.65. The van der Waals surface area contributed by atoms with Gasteiger partial charge in [0.15, 0.2) is 6.61 Å². The number of halogens is 1. The fourth-order valence-electron chi connectivity index (χ4n) is 3.97. The topological polar surface area (TPSA) is 70.7 Å². The van der Waals surface area contributed by atoms with E-state index in [0.717, 1.165) is 16.9 Å². The summed E-state index contributed by atoms with van der Waals surface area (Å²) in [5, 5.41) is 6.12. The Labute approximate surface area is 202 Å². The SMILES string of the molecule is O=C(COc1ccc([C@H]2Nc3ccccc3C(=O)N2c2ccccc2)cc1)Nc1ccc(F)cc1. The normalized spacial score (nSPS) is 14.6. The van der Waals surface area contributed by atoms with E-state index < -0.39 is 6.17 Å². The predicted octanol–water partition coefficient (Wildman–Crippen LogP) is 5.61. The summed E-state index contributed by atoms with van der Waals surface area (Å²) in [6.07, 6.45) is -0.421. The molecule has 0 aliphatic carbocycles. The molecule has 1 heterocycles. The molecule has 174 valence electrons. The van der Waals surface area contributed by atoms with Crippen LogP contribution in [0.3, 0.4) is 0 Å². The van der Waals surface area contributed by atoms with Crippen molar-refractivity contribution in [2.75, 3.05) is 22.1 Å². The van der Waals surface area contributed by atoms with Crippen molar-refractivity contribution >= 4 is 28.9 Å². The van der Waals surface area contributed by atoms with Crippen LogP contribution < -0.4 is 20.3 Å². The second-order valence-electron chi connectivity index (χ2n) is 8.02. The first-order chi connectivity index (χ1) is 17.1. The molecule has 0 radical (unpaired) electrons. The van der Waals surface area contributed by atoms with E-state index in [0.29, 0.717) is 17.0 Å². The average Bonchev–Trinajstić information content (AvgIpc) is 2.89. The van der Waals surface area contributed by atoms with Crippen LogP contribution >= 0.6 is 0 Å². The van der Waals surface area contributed by atoms with Crippen molar-refractivity contribution in [3.05, 3.63) is 120 Å². The first-order valence-electron chi connectivity index (χ1n) is 11.1. The molecule has 7 heteroatoms. The lowest BCUT2D eigenvalue weighted by Gasteiger charge is -2.38. The number of nitrogens with zero attached hydrogens (tertiary/aromatic N) is 1. The van der Waals surface area contributed by atoms with Gasteiger partial charge in [0.2, 0.25) is 0 Å². The number of carbonyl (C=O) groups excluding carboxylic acids is 2. The zero-order valence-corrected chi connectivity index (χ0v) is 18.6. The quantitative estimate of drug-likeness (QED) is 0.387. The van der Waals surface area contributed by atoms with Crippen LogP contribution in [0.1, 0.15) is 22.1 Å². The van der Waals surface area contributed by atoms with Crippen LogP contribution in [-0.4, -0.2) is 18.4 Å². The van der Waals surface area contributed by atoms with Gasteiger partial charge in [-0.05, 0) is 66.2 Å². The van der Waals surface area contributed by atoms with Gasteiger partial charge in [-0.2, -0.15) is 0 Å². The van der Waals surface area contributed by atoms with E-state index in [4.69, 9.17) is 4.74 Å². The molecule has 0 bridgehead atoms. The predicted molar refractivity (Wildman–Crippen MR) is 133 cm³/mol. The van der Waals surface area contributed by atoms with E-state index in [2.05, 4.69) is 10.6 Å². The Morgan fingerprint density at radius 1 is 0.886 bits per heavy atom. The van der Waals surface area contributed by atoms with Crippen LogP contribution in [0.4, 0.5) is 21.5 Å². The highest BCUT2D eigenvalue weighted by Crippen LogP contribution is 2.36. The number of fused-ring (bicyclic) bond motifs is 1. The number of anilines is 3. The summed E-state index contributed by atoms with van der Waals surface area (Å²) in [5.74, 6) is -0.306. The van der Waals surface area contributed by atoms with Gasteiger partial charge in [0.05, 0.1) is 5.56 Å². The molecule has 5 rings (SSSR count). The van der Waals surface area contributed by atoms with E-state index in [9.17, 15) is 14.0 Å². The molecule has 4 aromatic carbocycles. The van der Waals surface area contributed by atoms with Gasteiger partial charge in [-0.25, -0.2) is 4.39 Å². The number of carbonyl (C=O) groups is 2. The molecule has 0 saturated heterocycles. The fraction of sp³-hybridized carbons (Fsp3) is 0.0714. The van der Waals surface area contributed by atoms with Gasteiger partial charge >= 0.3 is 0 Å². The fourth-order valence-corrected chi connectivity index (χ4v) is 3.97. The monoisotopic (exact) mass is 467 g/mol. The van der Waals surface area contributed by atoms with Crippen LogP contribution in [0.2, 0.25) is 0 Å². The maximum absolute atomic E-state index is 13.4. The van der Waals surface area contributed by atoms with Crippen molar-refractivity contribution in [2.24, 2.45) is 0 Å². The van der Waals surface area contributed by atoms with Crippen molar-refractivity contribution in [3.8, 4) is 5.75 Å². The van der Waals surface area contributed by atoms with Gasteiger partial charge in [0.25, 0.3) is 11.8 Å². The standard InChI is InChI=1S/C28H22FN3O3/c29-20-12-14-21(15-13-20)30-26(33)18-35-23-16-10-19(11-17-23)27-31-25-9-5-4-8-24(25)28(34)32(27)22-6-2-1-3-7-22/h1-17,27,31H,18H2,(H,30,33)/t27-/m0/s1. The molecular weight excluding hydrogens is 445 g/mol. The molecule has 0 unspecified atom stereocenters. The molecule has 0 fully saturated rings. The summed E-state index contributed by atoms with van der Waals surface area (Å²) < 4.78 is 18.6. The molecule has 2 amide bonds. The van der Waals surface area contributed by atoms with Gasteiger partial charge in [0, 0.05) is 17.1 Å². The van der Waals surface area contributed by atoms with Crippen molar-refractivity contribution in [2.45, 2.75) is 6.17 Å². The third-order valence-electron chi connectivity index (χ3n) is 5.65. The molecule has 1 atom stereocenters. The van der Waals surface area contributed by atoms with Crippen LogP contribution in [0, 0.1) is 5.82 Å². The summed E-state index contributed by atoms with van der Waals surface area (Å²) in [6.45, 7) is -0.194. The number of benzene rings is 4. The maximum Gasteiger partial charge on any atom is 0.262 e. The number of hydrogen-bond acceptors (Lipinski definition) is 4. The summed E-state index contributed by atoms with van der Waals surface area (Å²) in [6, 6.07) is 29.7. The lowest BCUT2D eigenvalue weighted by molar-refractivity contribution is -0.118. The van der Waals surface area contributed by atoms with Gasteiger partial charge in [-0.15, -0.1) is 0 Å². The smallest absolute Gasteiger partial charge is 0.262 e. The minimum atomic E-state index is -0.421. The molecule has 6 nitrogen and oxygen atoms in total. The zero-order valence-electron chi connectivity index (χ0n) is 18.6. The van der Waals surface area contributed by atoms with Crippen molar-refractivity contribution < 1.29 is 18.7 Å².